The van der Waals surface area contributed by atoms with E-state index in [0.717, 1.165) is 0 Å². The van der Waals surface area contributed by atoms with Gasteiger partial charge in [0, 0.05) is 17.1 Å². The summed E-state index contributed by atoms with van der Waals surface area (Å²) in [5.74, 6) is -1.86. The Kier molecular flexibility index (Phi) is 7.09. The quantitative estimate of drug-likeness (QED) is 0.445. The van der Waals surface area contributed by atoms with Crippen LogP contribution in [0.5, 0.6) is 0 Å². The van der Waals surface area contributed by atoms with Crippen LogP contribution in [0.4, 0.5) is 5.69 Å². The third-order valence-electron chi connectivity index (χ3n) is 5.29. The van der Waals surface area contributed by atoms with Crippen LogP contribution in [0, 0.1) is 0 Å². The molecule has 1 aliphatic heterocycles. The van der Waals surface area contributed by atoms with Crippen molar-refractivity contribution < 1.29 is 18.3 Å². The van der Waals surface area contributed by atoms with Crippen LogP contribution in [0.2, 0.25) is 15.1 Å². The molecule has 0 aromatic heterocycles. The summed E-state index contributed by atoms with van der Waals surface area (Å²) in [6.07, 6.45) is 0. The number of hydrogen-bond acceptors (Lipinski definition) is 4. The van der Waals surface area contributed by atoms with Crippen LogP contribution in [-0.4, -0.2) is 25.2 Å². The zero-order valence-electron chi connectivity index (χ0n) is 17.6. The van der Waals surface area contributed by atoms with Gasteiger partial charge >= 0.3 is 0 Å². The number of aliphatic hydroxyl groups excluding tert-OH is 1. The molecule has 1 heterocycles. The number of aliphatic hydroxyl groups is 1. The maximum absolute atomic E-state index is 13.2. The van der Waals surface area contributed by atoms with Gasteiger partial charge < -0.3 is 10.4 Å². The van der Waals surface area contributed by atoms with Crippen molar-refractivity contribution in [3.05, 3.63) is 104 Å². The Labute approximate surface area is 212 Å². The first-order chi connectivity index (χ1) is 16.2. The second-order valence-corrected chi connectivity index (χ2v) is 10.8. The lowest BCUT2D eigenvalue weighted by Gasteiger charge is -2.24. The van der Waals surface area contributed by atoms with Gasteiger partial charge in [-0.15, -0.1) is 0 Å². The third kappa shape index (κ3) is 5.18. The van der Waals surface area contributed by atoms with E-state index in [1.807, 2.05) is 0 Å². The second-order valence-electron chi connectivity index (χ2n) is 7.66. The molecule has 2 N–H and O–H groups in total. The van der Waals surface area contributed by atoms with Crippen molar-refractivity contribution in [3.8, 4) is 0 Å². The number of amides is 1. The average molecular weight is 538 g/mol. The smallest absolute Gasteiger partial charge is 0.255 e. The standard InChI is InChI=1S/C24H19Cl3N2O4S/c25-17-8-5-15(6-9-17)13-29-21-4-2-1-3-18(21)23(22(30)14-34(29,32)33)24(31)28-12-16-7-10-19(26)20(27)11-16/h1-11,30H,12-14H2,(H,28,31). The zero-order valence-corrected chi connectivity index (χ0v) is 20.7. The molecule has 0 unspecified atom stereocenters. The fourth-order valence-electron chi connectivity index (χ4n) is 3.64. The molecule has 3 aromatic carbocycles. The molecule has 0 aliphatic carbocycles. The lowest BCUT2D eigenvalue weighted by molar-refractivity contribution is -0.115. The molecule has 0 saturated carbocycles. The van der Waals surface area contributed by atoms with Gasteiger partial charge in [-0.3, -0.25) is 9.10 Å². The van der Waals surface area contributed by atoms with E-state index in [0.29, 0.717) is 37.4 Å². The van der Waals surface area contributed by atoms with Crippen LogP contribution in [0.15, 0.2) is 72.5 Å². The summed E-state index contributed by atoms with van der Waals surface area (Å²) in [7, 11) is -3.99. The number of sulfonamides is 1. The van der Waals surface area contributed by atoms with Gasteiger partial charge in [-0.05, 0) is 41.5 Å². The van der Waals surface area contributed by atoms with E-state index in [1.165, 1.54) is 4.31 Å². The van der Waals surface area contributed by atoms with Gasteiger partial charge in [-0.2, -0.15) is 0 Å². The Morgan fingerprint density at radius 1 is 0.941 bits per heavy atom. The van der Waals surface area contributed by atoms with Gasteiger partial charge in [0.25, 0.3) is 5.91 Å². The Balaban J connectivity index is 1.68. The first-order valence-corrected chi connectivity index (χ1v) is 12.9. The number of carbonyl (C=O) groups is 1. The molecule has 3 aromatic rings. The minimum absolute atomic E-state index is 0.0158. The molecule has 10 heteroatoms. The van der Waals surface area contributed by atoms with Gasteiger partial charge in [-0.1, -0.05) is 71.2 Å². The highest BCUT2D eigenvalue weighted by Gasteiger charge is 2.34. The number of rotatable bonds is 5. The molecule has 1 aliphatic rings. The fraction of sp³-hybridized carbons (Fsp3) is 0.125. The normalized spacial score (nSPS) is 15.0. The number of nitrogens with one attached hydrogen (secondary N) is 1. The lowest BCUT2D eigenvalue weighted by atomic mass is 10.0. The summed E-state index contributed by atoms with van der Waals surface area (Å²) in [4.78, 5) is 13.1. The molecule has 0 saturated heterocycles. The molecule has 176 valence electrons. The van der Waals surface area contributed by atoms with Crippen LogP contribution in [0.25, 0.3) is 5.57 Å². The van der Waals surface area contributed by atoms with E-state index in [4.69, 9.17) is 34.8 Å². The highest BCUT2D eigenvalue weighted by atomic mass is 35.5. The number of benzene rings is 3. The fourth-order valence-corrected chi connectivity index (χ4v) is 5.54. The van der Waals surface area contributed by atoms with E-state index >= 15 is 0 Å². The third-order valence-corrected chi connectivity index (χ3v) is 7.92. The summed E-state index contributed by atoms with van der Waals surface area (Å²) >= 11 is 17.9. The average Bonchev–Trinajstić information content (AvgIpc) is 2.87. The summed E-state index contributed by atoms with van der Waals surface area (Å²) in [5, 5.41) is 14.7. The number of carbonyl (C=O) groups excluding carboxylic acids is 1. The van der Waals surface area contributed by atoms with E-state index in [9.17, 15) is 18.3 Å². The zero-order chi connectivity index (χ0) is 24.5. The Morgan fingerprint density at radius 3 is 2.32 bits per heavy atom. The molecular weight excluding hydrogens is 519 g/mol. The van der Waals surface area contributed by atoms with Gasteiger partial charge in [0.1, 0.15) is 11.5 Å². The van der Waals surface area contributed by atoms with Crippen molar-refractivity contribution in [2.75, 3.05) is 10.1 Å². The number of nitrogens with zero attached hydrogens (tertiary/aromatic N) is 1. The lowest BCUT2D eigenvalue weighted by Crippen LogP contribution is -2.32. The molecule has 1 amide bonds. The molecule has 0 spiro atoms. The largest absolute Gasteiger partial charge is 0.510 e. The second kappa shape index (κ2) is 9.88. The SMILES string of the molecule is O=C(NCc1ccc(Cl)c(Cl)c1)C1=C(O)CS(=O)(=O)N(Cc2ccc(Cl)cc2)c2ccccc21. The van der Waals surface area contributed by atoms with Crippen LogP contribution in [0.3, 0.4) is 0 Å². The number of para-hydroxylation sites is 1. The van der Waals surface area contributed by atoms with E-state index in [1.54, 1.807) is 66.7 Å². The van der Waals surface area contributed by atoms with Crippen molar-refractivity contribution in [1.29, 1.82) is 0 Å². The highest BCUT2D eigenvalue weighted by Crippen LogP contribution is 2.36. The number of anilines is 1. The summed E-state index contributed by atoms with van der Waals surface area (Å²) in [5.41, 5.74) is 1.90. The Hall–Kier alpha value is -2.71. The van der Waals surface area contributed by atoms with Gasteiger partial charge in [0.2, 0.25) is 10.0 Å². The van der Waals surface area contributed by atoms with Crippen molar-refractivity contribution in [3.63, 3.8) is 0 Å². The predicted molar refractivity (Wildman–Crippen MR) is 136 cm³/mol. The van der Waals surface area contributed by atoms with E-state index in [2.05, 4.69) is 5.32 Å². The van der Waals surface area contributed by atoms with Crippen molar-refractivity contribution in [2.24, 2.45) is 0 Å². The van der Waals surface area contributed by atoms with Gasteiger partial charge in [-0.25, -0.2) is 8.42 Å². The number of hydrogen-bond donors (Lipinski definition) is 2. The topological polar surface area (TPSA) is 86.7 Å². The monoisotopic (exact) mass is 536 g/mol. The summed E-state index contributed by atoms with van der Waals surface area (Å²) in [6.45, 7) is 0.123. The molecular formula is C24H19Cl3N2O4S. The van der Waals surface area contributed by atoms with Crippen molar-refractivity contribution in [1.82, 2.24) is 5.32 Å². The molecule has 0 atom stereocenters. The number of fused-ring (bicyclic) bond motifs is 1. The first-order valence-electron chi connectivity index (χ1n) is 10.1. The van der Waals surface area contributed by atoms with Crippen LogP contribution in [-0.2, 0) is 27.9 Å². The van der Waals surface area contributed by atoms with E-state index < -0.39 is 27.4 Å². The minimum atomic E-state index is -3.99. The summed E-state index contributed by atoms with van der Waals surface area (Å²) in [6, 6.07) is 18.3. The molecule has 0 radical (unpaired) electrons. The maximum Gasteiger partial charge on any atom is 0.255 e. The van der Waals surface area contributed by atoms with Crippen LogP contribution < -0.4 is 9.62 Å². The Morgan fingerprint density at radius 2 is 1.62 bits per heavy atom. The molecule has 0 fully saturated rings. The minimum Gasteiger partial charge on any atom is -0.510 e. The predicted octanol–water partition coefficient (Wildman–Crippen LogP) is 5.58. The van der Waals surface area contributed by atoms with Crippen molar-refractivity contribution in [2.45, 2.75) is 13.1 Å². The first kappa shape index (κ1) is 24.4. The summed E-state index contributed by atoms with van der Waals surface area (Å²) < 4.78 is 27.6. The van der Waals surface area contributed by atoms with Crippen molar-refractivity contribution >= 4 is 62.0 Å². The van der Waals surface area contributed by atoms with Crippen LogP contribution >= 0.6 is 34.8 Å². The van der Waals surface area contributed by atoms with Gasteiger partial charge in [0.15, 0.2) is 0 Å². The highest BCUT2D eigenvalue weighted by molar-refractivity contribution is 7.93. The molecule has 6 nitrogen and oxygen atoms in total. The van der Waals surface area contributed by atoms with Crippen LogP contribution in [0.1, 0.15) is 16.7 Å². The number of halogens is 3. The Bertz CT molecular complexity index is 1390. The molecule has 34 heavy (non-hydrogen) atoms. The molecule has 4 rings (SSSR count). The molecule has 0 bridgehead atoms. The maximum atomic E-state index is 13.2. The van der Waals surface area contributed by atoms with Gasteiger partial charge in [0.05, 0.1) is 27.9 Å². The van der Waals surface area contributed by atoms with E-state index in [-0.39, 0.29) is 18.7 Å².